The van der Waals surface area contributed by atoms with Gasteiger partial charge < -0.3 is 5.32 Å². The zero-order valence-corrected chi connectivity index (χ0v) is 15.8. The molecule has 1 aromatic carbocycles. The molecule has 1 aliphatic carbocycles. The van der Waals surface area contributed by atoms with Crippen LogP contribution in [0.4, 0.5) is 23.5 Å². The van der Waals surface area contributed by atoms with Crippen molar-refractivity contribution in [1.29, 1.82) is 0 Å². The molecule has 2 aromatic heterocycles. The summed E-state index contributed by atoms with van der Waals surface area (Å²) in [6.07, 6.45) is -1.49. The Hall–Kier alpha value is -2.75. The van der Waals surface area contributed by atoms with Gasteiger partial charge in [0.2, 0.25) is 5.95 Å². The molecular formula is C19H16F4N4OS. The minimum atomic E-state index is -4.40. The SMILES string of the molecule is O=c1nc(N[C@H]2C[C@H](c3ccc(F)cc3)C2)ncn1Cc1ccc(C(F)(F)F)s1. The van der Waals surface area contributed by atoms with E-state index in [0.29, 0.717) is 22.1 Å². The van der Waals surface area contributed by atoms with Gasteiger partial charge in [0.1, 0.15) is 17.0 Å². The highest BCUT2D eigenvalue weighted by Gasteiger charge is 2.32. The van der Waals surface area contributed by atoms with Crippen molar-refractivity contribution in [1.82, 2.24) is 14.5 Å². The molecular weight excluding hydrogens is 408 g/mol. The van der Waals surface area contributed by atoms with Gasteiger partial charge in [-0.15, -0.1) is 11.3 Å². The minimum Gasteiger partial charge on any atom is -0.351 e. The number of rotatable bonds is 5. The number of halogens is 4. The maximum absolute atomic E-state index is 13.0. The first kappa shape index (κ1) is 19.6. The second-order valence-electron chi connectivity index (χ2n) is 6.92. The van der Waals surface area contributed by atoms with Crippen molar-refractivity contribution in [3.8, 4) is 0 Å². The molecule has 1 N–H and O–H groups in total. The molecule has 1 aliphatic rings. The molecule has 0 bridgehead atoms. The number of nitrogens with zero attached hydrogens (tertiary/aromatic N) is 3. The van der Waals surface area contributed by atoms with E-state index < -0.39 is 16.7 Å². The highest BCUT2D eigenvalue weighted by Crippen LogP contribution is 2.38. The number of hydrogen-bond acceptors (Lipinski definition) is 5. The molecule has 0 aliphatic heterocycles. The van der Waals surface area contributed by atoms with Crippen molar-refractivity contribution >= 4 is 17.3 Å². The molecule has 4 rings (SSSR count). The Morgan fingerprint density at radius 3 is 2.48 bits per heavy atom. The fourth-order valence-electron chi connectivity index (χ4n) is 3.24. The van der Waals surface area contributed by atoms with E-state index in [1.54, 1.807) is 12.1 Å². The fourth-order valence-corrected chi connectivity index (χ4v) is 4.12. The van der Waals surface area contributed by atoms with Gasteiger partial charge in [0.15, 0.2) is 0 Å². The second kappa shape index (κ2) is 7.58. The molecule has 10 heteroatoms. The lowest BCUT2D eigenvalue weighted by molar-refractivity contribution is -0.134. The largest absolute Gasteiger partial charge is 0.425 e. The van der Waals surface area contributed by atoms with E-state index in [-0.39, 0.29) is 24.4 Å². The third kappa shape index (κ3) is 4.47. The smallest absolute Gasteiger partial charge is 0.351 e. The Bertz CT molecular complexity index is 1060. The Morgan fingerprint density at radius 1 is 1.14 bits per heavy atom. The molecule has 0 spiro atoms. The van der Waals surface area contributed by atoms with Gasteiger partial charge in [-0.05, 0) is 48.6 Å². The summed E-state index contributed by atoms with van der Waals surface area (Å²) in [5, 5.41) is 3.09. The van der Waals surface area contributed by atoms with Crippen LogP contribution in [0.5, 0.6) is 0 Å². The molecule has 0 radical (unpaired) electrons. The molecule has 0 saturated heterocycles. The number of benzene rings is 1. The van der Waals surface area contributed by atoms with Gasteiger partial charge in [0, 0.05) is 10.9 Å². The van der Waals surface area contributed by atoms with Crippen molar-refractivity contribution in [3.05, 3.63) is 74.3 Å². The van der Waals surface area contributed by atoms with E-state index in [0.717, 1.165) is 24.5 Å². The number of hydrogen-bond donors (Lipinski definition) is 1. The number of thiophene rings is 1. The zero-order chi connectivity index (χ0) is 20.6. The lowest BCUT2D eigenvalue weighted by Crippen LogP contribution is -2.36. The van der Waals surface area contributed by atoms with Crippen molar-refractivity contribution in [2.24, 2.45) is 0 Å². The first-order chi connectivity index (χ1) is 13.8. The van der Waals surface area contributed by atoms with Crippen molar-refractivity contribution in [3.63, 3.8) is 0 Å². The molecule has 0 unspecified atom stereocenters. The maximum atomic E-state index is 13.0. The molecule has 3 aromatic rings. The second-order valence-corrected chi connectivity index (χ2v) is 8.08. The van der Waals surface area contributed by atoms with Gasteiger partial charge in [0.05, 0.1) is 6.54 Å². The normalized spacial score (nSPS) is 19.0. The fraction of sp³-hybridized carbons (Fsp3) is 0.316. The predicted octanol–water partition coefficient (Wildman–Crippen LogP) is 4.26. The summed E-state index contributed by atoms with van der Waals surface area (Å²) in [6, 6.07) is 8.85. The van der Waals surface area contributed by atoms with Gasteiger partial charge in [-0.2, -0.15) is 18.2 Å². The average molecular weight is 424 g/mol. The van der Waals surface area contributed by atoms with E-state index in [2.05, 4.69) is 15.3 Å². The first-order valence-electron chi connectivity index (χ1n) is 8.89. The summed E-state index contributed by atoms with van der Waals surface area (Å²) in [5.74, 6) is 0.236. The average Bonchev–Trinajstić information content (AvgIpc) is 3.10. The lowest BCUT2D eigenvalue weighted by Gasteiger charge is -2.36. The summed E-state index contributed by atoms with van der Waals surface area (Å²) in [4.78, 5) is 19.8. The van der Waals surface area contributed by atoms with Crippen molar-refractivity contribution in [2.75, 3.05) is 5.32 Å². The van der Waals surface area contributed by atoms with Gasteiger partial charge in [-0.3, -0.25) is 4.57 Å². The summed E-state index contributed by atoms with van der Waals surface area (Å²) >= 11 is 0.591. The molecule has 0 amide bonds. The van der Waals surface area contributed by atoms with E-state index >= 15 is 0 Å². The van der Waals surface area contributed by atoms with Crippen LogP contribution in [-0.4, -0.2) is 20.6 Å². The number of aromatic nitrogens is 3. The predicted molar refractivity (Wildman–Crippen MR) is 101 cm³/mol. The molecule has 1 saturated carbocycles. The van der Waals surface area contributed by atoms with E-state index in [4.69, 9.17) is 0 Å². The minimum absolute atomic E-state index is 0.0179. The third-order valence-electron chi connectivity index (χ3n) is 4.85. The topological polar surface area (TPSA) is 59.8 Å². The van der Waals surface area contributed by atoms with Crippen LogP contribution < -0.4 is 11.0 Å². The summed E-state index contributed by atoms with van der Waals surface area (Å²) < 4.78 is 52.2. The van der Waals surface area contributed by atoms with Crippen LogP contribution in [0.25, 0.3) is 0 Å². The van der Waals surface area contributed by atoms with Crippen molar-refractivity contribution in [2.45, 2.75) is 37.5 Å². The van der Waals surface area contributed by atoms with Crippen LogP contribution in [0, 0.1) is 5.82 Å². The van der Waals surface area contributed by atoms with E-state index in [1.807, 2.05) is 0 Å². The molecule has 0 atom stereocenters. The highest BCUT2D eigenvalue weighted by atomic mass is 32.1. The van der Waals surface area contributed by atoms with Crippen LogP contribution >= 0.6 is 11.3 Å². The third-order valence-corrected chi connectivity index (χ3v) is 5.96. The van der Waals surface area contributed by atoms with Crippen LogP contribution in [-0.2, 0) is 12.7 Å². The van der Waals surface area contributed by atoms with Crippen LogP contribution in [0.15, 0.2) is 47.5 Å². The zero-order valence-electron chi connectivity index (χ0n) is 15.0. The Balaban J connectivity index is 1.35. The maximum Gasteiger partial charge on any atom is 0.425 e. The molecule has 2 heterocycles. The Morgan fingerprint density at radius 2 is 1.86 bits per heavy atom. The highest BCUT2D eigenvalue weighted by molar-refractivity contribution is 7.12. The van der Waals surface area contributed by atoms with Crippen LogP contribution in [0.2, 0.25) is 0 Å². The number of anilines is 1. The van der Waals surface area contributed by atoms with E-state index in [9.17, 15) is 22.4 Å². The molecule has 1 fully saturated rings. The summed E-state index contributed by atoms with van der Waals surface area (Å²) in [7, 11) is 0. The van der Waals surface area contributed by atoms with Crippen LogP contribution in [0.1, 0.15) is 34.1 Å². The van der Waals surface area contributed by atoms with Crippen LogP contribution in [0.3, 0.4) is 0 Å². The van der Waals surface area contributed by atoms with Crippen molar-refractivity contribution < 1.29 is 17.6 Å². The number of alkyl halides is 3. The summed E-state index contributed by atoms with van der Waals surface area (Å²) in [5.41, 5.74) is 0.480. The Labute approximate surface area is 167 Å². The van der Waals surface area contributed by atoms with Gasteiger partial charge in [-0.25, -0.2) is 14.2 Å². The Kier molecular flexibility index (Phi) is 5.12. The number of nitrogens with one attached hydrogen (secondary N) is 1. The first-order valence-corrected chi connectivity index (χ1v) is 9.71. The monoisotopic (exact) mass is 424 g/mol. The summed E-state index contributed by atoms with van der Waals surface area (Å²) in [6.45, 7) is -0.0179. The quantitative estimate of drug-likeness (QED) is 0.622. The van der Waals surface area contributed by atoms with Gasteiger partial charge in [0.25, 0.3) is 0 Å². The molecule has 29 heavy (non-hydrogen) atoms. The van der Waals surface area contributed by atoms with E-state index in [1.165, 1.54) is 29.1 Å². The molecule has 152 valence electrons. The molecule has 5 nitrogen and oxygen atoms in total. The van der Waals surface area contributed by atoms with Gasteiger partial charge >= 0.3 is 11.9 Å². The lowest BCUT2D eigenvalue weighted by atomic mass is 9.76. The van der Waals surface area contributed by atoms with Gasteiger partial charge in [-0.1, -0.05) is 12.1 Å². The standard InChI is InChI=1S/C19H16F4N4OS/c20-13-3-1-11(2-4-13)12-7-14(8-12)25-17-24-10-27(18(28)26-17)9-15-5-6-16(29-15)19(21,22)23/h1-6,10,12,14H,7-9H2,(H,25,26,28)/t12-,14-.